The number of nitrogens with one attached hydrogen (secondary N) is 3. The normalized spacial score (nSPS) is 19.5. The molecule has 2 fully saturated rings. The van der Waals surface area contributed by atoms with E-state index in [4.69, 9.17) is 20.8 Å². The smallest absolute Gasteiger partial charge is 0.294 e. The lowest BCUT2D eigenvalue weighted by Crippen LogP contribution is -2.49. The molecule has 3 aromatic heterocycles. The third-order valence-electron chi connectivity index (χ3n) is 6.80. The predicted octanol–water partition coefficient (Wildman–Crippen LogP) is 3.44. The van der Waals surface area contributed by atoms with Crippen molar-refractivity contribution in [1.82, 2.24) is 14.9 Å². The number of furan rings is 1. The second kappa shape index (κ2) is 11.4. The van der Waals surface area contributed by atoms with Crippen molar-refractivity contribution in [2.75, 3.05) is 35.7 Å². The van der Waals surface area contributed by atoms with Crippen LogP contribution in [0.3, 0.4) is 0 Å². The van der Waals surface area contributed by atoms with Gasteiger partial charge in [-0.2, -0.15) is 0 Å². The van der Waals surface area contributed by atoms with Gasteiger partial charge in [-0.05, 0) is 37.8 Å². The van der Waals surface area contributed by atoms with Crippen LogP contribution in [-0.2, 0) is 19.1 Å². The van der Waals surface area contributed by atoms with Gasteiger partial charge in [0, 0.05) is 37.7 Å². The zero-order valence-electron chi connectivity index (χ0n) is 21.2. The first kappa shape index (κ1) is 26.6. The van der Waals surface area contributed by atoms with E-state index < -0.39 is 5.91 Å². The van der Waals surface area contributed by atoms with Crippen LogP contribution >= 0.6 is 11.6 Å². The molecule has 0 unspecified atom stereocenters. The number of carbonyl (C=O) groups excluding carboxylic acids is 4. The molecule has 1 aliphatic carbocycles. The van der Waals surface area contributed by atoms with Crippen LogP contribution in [-0.4, -0.2) is 64.3 Å². The van der Waals surface area contributed by atoms with Gasteiger partial charge in [-0.25, -0.2) is 9.97 Å². The van der Waals surface area contributed by atoms with Crippen molar-refractivity contribution in [3.8, 4) is 0 Å². The van der Waals surface area contributed by atoms with Crippen molar-refractivity contribution in [1.29, 1.82) is 0 Å². The maximum atomic E-state index is 13.3. The molecule has 1 aliphatic heterocycles. The molecule has 204 valence electrons. The number of nitrogens with zero attached hydrogens (tertiary/aromatic N) is 3. The number of morpholine rings is 1. The number of pyridine rings is 2. The van der Waals surface area contributed by atoms with Crippen LogP contribution in [0.15, 0.2) is 35.0 Å². The van der Waals surface area contributed by atoms with E-state index in [1.54, 1.807) is 6.07 Å². The third-order valence-corrected chi connectivity index (χ3v) is 7.03. The zero-order chi connectivity index (χ0) is 27.5. The summed E-state index contributed by atoms with van der Waals surface area (Å²) in [5.74, 6) is -1.45. The Morgan fingerprint density at radius 1 is 1.05 bits per heavy atom. The topological polar surface area (TPSA) is 156 Å². The summed E-state index contributed by atoms with van der Waals surface area (Å²) in [7, 11) is 0. The van der Waals surface area contributed by atoms with Crippen LogP contribution < -0.4 is 16.0 Å². The molecule has 4 heterocycles. The molecule has 1 saturated heterocycles. The van der Waals surface area contributed by atoms with E-state index in [9.17, 15) is 19.2 Å². The van der Waals surface area contributed by atoms with E-state index in [-0.39, 0.29) is 64.7 Å². The Morgan fingerprint density at radius 3 is 2.54 bits per heavy atom. The Labute approximate surface area is 228 Å². The summed E-state index contributed by atoms with van der Waals surface area (Å²) in [5.41, 5.74) is 0.977. The van der Waals surface area contributed by atoms with Crippen molar-refractivity contribution in [2.45, 2.75) is 38.6 Å². The number of fused-ring (bicyclic) bond motifs is 1. The summed E-state index contributed by atoms with van der Waals surface area (Å²) in [5, 5.41) is 8.52. The van der Waals surface area contributed by atoms with Gasteiger partial charge in [0.05, 0.1) is 23.5 Å². The van der Waals surface area contributed by atoms with E-state index >= 15 is 0 Å². The molecule has 3 N–H and O–H groups in total. The number of halogens is 1. The molecule has 1 saturated carbocycles. The SMILES string of the molecule is CC(=O)Nc1cnc2c(NC(=O)C3CCC(N4CCOCC4=O)CC3)c(C(=O)Nc3ccc(Cl)cn3)oc2c1. The summed E-state index contributed by atoms with van der Waals surface area (Å²) in [6, 6.07) is 4.73. The monoisotopic (exact) mass is 554 g/mol. The lowest BCUT2D eigenvalue weighted by atomic mass is 9.84. The number of hydrogen-bond donors (Lipinski definition) is 3. The molecule has 0 spiro atoms. The van der Waals surface area contributed by atoms with Crippen LogP contribution in [0, 0.1) is 5.92 Å². The molecular weight excluding hydrogens is 528 g/mol. The molecule has 0 aromatic carbocycles. The molecule has 0 bridgehead atoms. The highest BCUT2D eigenvalue weighted by Crippen LogP contribution is 2.34. The van der Waals surface area contributed by atoms with Crippen molar-refractivity contribution < 1.29 is 28.3 Å². The maximum absolute atomic E-state index is 13.3. The number of anilines is 3. The molecule has 3 aromatic rings. The first-order valence-electron chi connectivity index (χ1n) is 12.6. The summed E-state index contributed by atoms with van der Waals surface area (Å²) in [6.07, 6.45) is 5.39. The molecule has 0 radical (unpaired) electrons. The van der Waals surface area contributed by atoms with Crippen molar-refractivity contribution >= 4 is 63.5 Å². The Morgan fingerprint density at radius 2 is 1.85 bits per heavy atom. The summed E-state index contributed by atoms with van der Waals surface area (Å²) >= 11 is 5.88. The zero-order valence-corrected chi connectivity index (χ0v) is 21.9. The summed E-state index contributed by atoms with van der Waals surface area (Å²) in [6.45, 7) is 2.54. The largest absolute Gasteiger partial charge is 0.447 e. The predicted molar refractivity (Wildman–Crippen MR) is 142 cm³/mol. The molecular formula is C26H27ClN6O6. The lowest BCUT2D eigenvalue weighted by Gasteiger charge is -2.38. The minimum absolute atomic E-state index is 0.0189. The molecule has 39 heavy (non-hydrogen) atoms. The molecule has 12 nitrogen and oxygen atoms in total. The van der Waals surface area contributed by atoms with Gasteiger partial charge in [0.15, 0.2) is 5.58 Å². The summed E-state index contributed by atoms with van der Waals surface area (Å²) in [4.78, 5) is 60.5. The van der Waals surface area contributed by atoms with E-state index in [0.29, 0.717) is 49.5 Å². The van der Waals surface area contributed by atoms with Crippen LogP contribution in [0.4, 0.5) is 17.2 Å². The van der Waals surface area contributed by atoms with Crippen molar-refractivity contribution in [3.63, 3.8) is 0 Å². The standard InChI is InChI=1S/C26H27ClN6O6/c1-14(34)30-17-10-19-22(29-12-17)23(24(39-19)26(37)31-20-7-4-16(27)11-28-20)32-25(36)15-2-5-18(6-3-15)33-8-9-38-13-21(33)35/h4,7,10-12,15,18H,2-3,5-6,8-9,13H2,1H3,(H,30,34)(H,32,36)(H,28,31,37). The fourth-order valence-corrected chi connectivity index (χ4v) is 5.05. The lowest BCUT2D eigenvalue weighted by molar-refractivity contribution is -0.146. The first-order chi connectivity index (χ1) is 18.8. The second-order valence-electron chi connectivity index (χ2n) is 9.51. The van der Waals surface area contributed by atoms with Gasteiger partial charge in [-0.1, -0.05) is 11.6 Å². The average molecular weight is 555 g/mol. The molecule has 13 heteroatoms. The number of carbonyl (C=O) groups is 4. The van der Waals surface area contributed by atoms with E-state index in [0.717, 1.165) is 0 Å². The highest BCUT2D eigenvalue weighted by molar-refractivity contribution is 6.30. The Balaban J connectivity index is 1.36. The van der Waals surface area contributed by atoms with Gasteiger partial charge in [-0.15, -0.1) is 0 Å². The maximum Gasteiger partial charge on any atom is 0.294 e. The van der Waals surface area contributed by atoms with Gasteiger partial charge in [0.1, 0.15) is 23.6 Å². The number of amides is 4. The van der Waals surface area contributed by atoms with Crippen LogP contribution in [0.1, 0.15) is 43.2 Å². The van der Waals surface area contributed by atoms with Gasteiger partial charge in [0.2, 0.25) is 23.5 Å². The summed E-state index contributed by atoms with van der Waals surface area (Å²) < 4.78 is 11.0. The van der Waals surface area contributed by atoms with Crippen molar-refractivity contribution in [2.24, 2.45) is 5.92 Å². The quantitative estimate of drug-likeness (QED) is 0.418. The number of ether oxygens (including phenoxy) is 1. The fraction of sp³-hybridized carbons (Fsp3) is 0.385. The minimum atomic E-state index is -0.645. The van der Waals surface area contributed by atoms with Gasteiger partial charge in [-0.3, -0.25) is 19.2 Å². The van der Waals surface area contributed by atoms with E-state index in [1.807, 2.05) is 4.90 Å². The van der Waals surface area contributed by atoms with E-state index in [2.05, 4.69) is 25.9 Å². The number of rotatable bonds is 6. The second-order valence-corrected chi connectivity index (χ2v) is 9.94. The highest BCUT2D eigenvalue weighted by Gasteiger charge is 2.34. The molecule has 2 aliphatic rings. The van der Waals surface area contributed by atoms with Crippen LogP contribution in [0.2, 0.25) is 5.02 Å². The van der Waals surface area contributed by atoms with Gasteiger partial charge < -0.3 is 30.0 Å². The van der Waals surface area contributed by atoms with E-state index in [1.165, 1.54) is 31.5 Å². The van der Waals surface area contributed by atoms with Crippen molar-refractivity contribution in [3.05, 3.63) is 41.4 Å². The minimum Gasteiger partial charge on any atom is -0.447 e. The molecule has 5 rings (SSSR count). The fourth-order valence-electron chi connectivity index (χ4n) is 4.94. The molecule has 4 amide bonds. The highest BCUT2D eigenvalue weighted by atomic mass is 35.5. The Kier molecular flexibility index (Phi) is 7.75. The molecule has 0 atom stereocenters. The third kappa shape index (κ3) is 6.02. The first-order valence-corrected chi connectivity index (χ1v) is 13.0. The van der Waals surface area contributed by atoms with Crippen LogP contribution in [0.25, 0.3) is 11.1 Å². The Bertz CT molecular complexity index is 1420. The Hall–Kier alpha value is -4.03. The number of hydrogen-bond acceptors (Lipinski definition) is 8. The average Bonchev–Trinajstić information content (AvgIpc) is 3.27. The number of aromatic nitrogens is 2. The van der Waals surface area contributed by atoms with Gasteiger partial charge >= 0.3 is 0 Å². The van der Waals surface area contributed by atoms with Crippen LogP contribution in [0.5, 0.6) is 0 Å². The van der Waals surface area contributed by atoms with Gasteiger partial charge in [0.25, 0.3) is 5.91 Å².